The number of likely N-dealkylation sites (tertiary alicyclic amines) is 1. The van der Waals surface area contributed by atoms with Crippen molar-refractivity contribution in [3.63, 3.8) is 0 Å². The van der Waals surface area contributed by atoms with E-state index in [9.17, 15) is 4.79 Å². The zero-order valence-electron chi connectivity index (χ0n) is 11.7. The van der Waals surface area contributed by atoms with Crippen LogP contribution in [-0.4, -0.2) is 47.2 Å². The van der Waals surface area contributed by atoms with Gasteiger partial charge in [-0.25, -0.2) is 0 Å². The predicted molar refractivity (Wildman–Crippen MR) is 72.9 cm³/mol. The molecule has 0 radical (unpaired) electrons. The minimum atomic E-state index is 0.0195. The topological polar surface area (TPSA) is 61.0 Å². The van der Waals surface area contributed by atoms with Crippen LogP contribution in [0.3, 0.4) is 0 Å². The highest BCUT2D eigenvalue weighted by molar-refractivity contribution is 5.80. The summed E-state index contributed by atoms with van der Waals surface area (Å²) in [5.41, 5.74) is 2.41. The van der Waals surface area contributed by atoms with Gasteiger partial charge in [-0.2, -0.15) is 5.10 Å². The number of piperidine rings is 1. The van der Waals surface area contributed by atoms with Crippen molar-refractivity contribution in [2.45, 2.75) is 32.1 Å². The molecular formula is C14H22N4O. The number of hydrogen-bond donors (Lipinski definition) is 2. The molecule has 0 aliphatic carbocycles. The molecule has 0 bridgehead atoms. The van der Waals surface area contributed by atoms with Crippen molar-refractivity contribution in [3.05, 3.63) is 17.5 Å². The maximum absolute atomic E-state index is 12.4. The number of carbonyl (C=O) groups excluding carboxylic acids is 1. The van der Waals surface area contributed by atoms with Crippen molar-refractivity contribution in [1.82, 2.24) is 20.4 Å². The molecule has 2 fully saturated rings. The molecule has 0 spiro atoms. The van der Waals surface area contributed by atoms with Gasteiger partial charge in [0.25, 0.3) is 0 Å². The first kappa shape index (κ1) is 12.7. The fraction of sp³-hybridized carbons (Fsp3) is 0.714. The van der Waals surface area contributed by atoms with Crippen molar-refractivity contribution in [1.29, 1.82) is 0 Å². The largest absolute Gasteiger partial charge is 0.341 e. The van der Waals surface area contributed by atoms with Gasteiger partial charge >= 0.3 is 0 Å². The Labute approximate surface area is 113 Å². The molecule has 0 saturated carbocycles. The second-order valence-electron chi connectivity index (χ2n) is 6.21. The lowest BCUT2D eigenvalue weighted by atomic mass is 9.77. The van der Waals surface area contributed by atoms with Gasteiger partial charge < -0.3 is 10.2 Å². The Bertz CT molecular complexity index is 480. The van der Waals surface area contributed by atoms with Crippen LogP contribution in [0.4, 0.5) is 0 Å². The summed E-state index contributed by atoms with van der Waals surface area (Å²) >= 11 is 0. The number of aryl methyl sites for hydroxylation is 1. The molecule has 1 aromatic rings. The van der Waals surface area contributed by atoms with Crippen molar-refractivity contribution in [3.8, 4) is 0 Å². The van der Waals surface area contributed by atoms with Crippen LogP contribution in [0.15, 0.2) is 6.20 Å². The standard InChI is InChI=1S/C14H22N4O/c1-10-6-16-17-12(10)14(2)4-3-5-18(9-14)13(19)11-7-15-8-11/h6,11,15H,3-5,7-9H2,1-2H3,(H,16,17). The lowest BCUT2D eigenvalue weighted by Gasteiger charge is -2.42. The molecule has 2 aliphatic heterocycles. The lowest BCUT2D eigenvalue weighted by molar-refractivity contribution is -0.139. The summed E-state index contributed by atoms with van der Waals surface area (Å²) in [6, 6.07) is 0. The molecule has 2 saturated heterocycles. The third-order valence-electron chi connectivity index (χ3n) is 4.57. The second-order valence-corrected chi connectivity index (χ2v) is 6.21. The van der Waals surface area contributed by atoms with E-state index in [0.717, 1.165) is 39.0 Å². The Balaban J connectivity index is 1.77. The smallest absolute Gasteiger partial charge is 0.228 e. The van der Waals surface area contributed by atoms with Crippen LogP contribution in [0, 0.1) is 12.8 Å². The van der Waals surface area contributed by atoms with Crippen LogP contribution < -0.4 is 5.32 Å². The quantitative estimate of drug-likeness (QED) is 0.829. The monoisotopic (exact) mass is 262 g/mol. The summed E-state index contributed by atoms with van der Waals surface area (Å²) in [6.07, 6.45) is 4.06. The number of hydrogen-bond acceptors (Lipinski definition) is 3. The zero-order chi connectivity index (χ0) is 13.5. The number of nitrogens with zero attached hydrogens (tertiary/aromatic N) is 2. The molecule has 104 valence electrons. The van der Waals surface area contributed by atoms with Crippen molar-refractivity contribution in [2.75, 3.05) is 26.2 Å². The van der Waals surface area contributed by atoms with Gasteiger partial charge in [0.05, 0.1) is 12.1 Å². The first-order valence-electron chi connectivity index (χ1n) is 7.10. The number of nitrogens with one attached hydrogen (secondary N) is 2. The highest BCUT2D eigenvalue weighted by Crippen LogP contribution is 2.34. The van der Waals surface area contributed by atoms with E-state index in [0.29, 0.717) is 5.91 Å². The van der Waals surface area contributed by atoms with Gasteiger partial charge in [-0.3, -0.25) is 9.89 Å². The molecule has 2 aliphatic rings. The van der Waals surface area contributed by atoms with Crippen LogP contribution >= 0.6 is 0 Å². The highest BCUT2D eigenvalue weighted by atomic mass is 16.2. The number of rotatable bonds is 2. The lowest BCUT2D eigenvalue weighted by Crippen LogP contribution is -2.56. The van der Waals surface area contributed by atoms with E-state index in [1.54, 1.807) is 0 Å². The van der Waals surface area contributed by atoms with Crippen LogP contribution in [0.5, 0.6) is 0 Å². The van der Waals surface area contributed by atoms with Crippen LogP contribution in [-0.2, 0) is 10.2 Å². The number of H-pyrrole nitrogens is 1. The van der Waals surface area contributed by atoms with Gasteiger partial charge in [0.1, 0.15) is 0 Å². The molecule has 3 rings (SSSR count). The second kappa shape index (κ2) is 4.63. The highest BCUT2D eigenvalue weighted by Gasteiger charge is 2.39. The van der Waals surface area contributed by atoms with Crippen LogP contribution in [0.2, 0.25) is 0 Å². The average molecular weight is 262 g/mol. The molecule has 5 nitrogen and oxygen atoms in total. The molecule has 1 aromatic heterocycles. The molecular weight excluding hydrogens is 240 g/mol. The number of aromatic amines is 1. The maximum Gasteiger partial charge on any atom is 0.228 e. The number of amides is 1. The Kier molecular flexibility index (Phi) is 3.09. The summed E-state index contributed by atoms with van der Waals surface area (Å²) in [5.74, 6) is 0.520. The summed E-state index contributed by atoms with van der Waals surface area (Å²) in [6.45, 7) is 7.72. The molecule has 1 unspecified atom stereocenters. The first-order chi connectivity index (χ1) is 9.10. The summed E-state index contributed by atoms with van der Waals surface area (Å²) < 4.78 is 0. The predicted octanol–water partition coefficient (Wildman–Crippen LogP) is 0.818. The molecule has 0 aromatic carbocycles. The molecule has 2 N–H and O–H groups in total. The van der Waals surface area contributed by atoms with Gasteiger partial charge in [-0.15, -0.1) is 0 Å². The SMILES string of the molecule is Cc1cn[nH]c1C1(C)CCCN(C(=O)C2CNC2)C1. The third kappa shape index (κ3) is 2.16. The fourth-order valence-electron chi connectivity index (χ4n) is 3.31. The van der Waals surface area contributed by atoms with Crippen molar-refractivity contribution < 1.29 is 4.79 Å². The normalized spacial score (nSPS) is 28.2. The van der Waals surface area contributed by atoms with E-state index in [1.807, 2.05) is 6.20 Å². The minimum absolute atomic E-state index is 0.0195. The van der Waals surface area contributed by atoms with E-state index < -0.39 is 0 Å². The zero-order valence-corrected chi connectivity index (χ0v) is 11.7. The van der Waals surface area contributed by atoms with Gasteiger partial charge in [-0.1, -0.05) is 6.92 Å². The van der Waals surface area contributed by atoms with E-state index in [4.69, 9.17) is 0 Å². The van der Waals surface area contributed by atoms with Gasteiger partial charge in [0.2, 0.25) is 5.91 Å². The van der Waals surface area contributed by atoms with Gasteiger partial charge in [0.15, 0.2) is 0 Å². The van der Waals surface area contributed by atoms with Gasteiger partial charge in [0, 0.05) is 37.3 Å². The van der Waals surface area contributed by atoms with E-state index in [2.05, 4.69) is 34.3 Å². The molecule has 1 amide bonds. The maximum atomic E-state index is 12.4. The Morgan fingerprint density at radius 3 is 2.89 bits per heavy atom. The van der Waals surface area contributed by atoms with Crippen molar-refractivity contribution in [2.24, 2.45) is 5.92 Å². The van der Waals surface area contributed by atoms with E-state index in [1.165, 1.54) is 11.3 Å². The Morgan fingerprint density at radius 2 is 2.32 bits per heavy atom. The fourth-order valence-corrected chi connectivity index (χ4v) is 3.31. The summed E-state index contributed by atoms with van der Waals surface area (Å²) in [4.78, 5) is 14.4. The molecule has 3 heterocycles. The summed E-state index contributed by atoms with van der Waals surface area (Å²) in [5, 5.41) is 10.4. The third-order valence-corrected chi connectivity index (χ3v) is 4.57. The Hall–Kier alpha value is -1.36. The van der Waals surface area contributed by atoms with E-state index >= 15 is 0 Å². The van der Waals surface area contributed by atoms with Crippen LogP contribution in [0.1, 0.15) is 31.0 Å². The first-order valence-corrected chi connectivity index (χ1v) is 7.10. The number of aromatic nitrogens is 2. The van der Waals surface area contributed by atoms with Crippen molar-refractivity contribution >= 4 is 5.91 Å². The van der Waals surface area contributed by atoms with E-state index in [-0.39, 0.29) is 11.3 Å². The Morgan fingerprint density at radius 1 is 1.53 bits per heavy atom. The molecule has 19 heavy (non-hydrogen) atoms. The summed E-state index contributed by atoms with van der Waals surface area (Å²) in [7, 11) is 0. The molecule has 5 heteroatoms. The number of carbonyl (C=O) groups is 1. The minimum Gasteiger partial charge on any atom is -0.341 e. The molecule has 1 atom stereocenters. The average Bonchev–Trinajstić information content (AvgIpc) is 2.74. The van der Waals surface area contributed by atoms with Gasteiger partial charge in [-0.05, 0) is 25.3 Å². The van der Waals surface area contributed by atoms with Crippen LogP contribution in [0.25, 0.3) is 0 Å².